The highest BCUT2D eigenvalue weighted by Crippen LogP contribution is 2.38. The van der Waals surface area contributed by atoms with Gasteiger partial charge in [-0.3, -0.25) is 4.79 Å². The number of carbonyl (C=O) groups is 2. The van der Waals surface area contributed by atoms with Crippen LogP contribution in [0.3, 0.4) is 0 Å². The summed E-state index contributed by atoms with van der Waals surface area (Å²) in [6, 6.07) is 0. The number of nitrogens with one attached hydrogen (secondary N) is 2. The Bertz CT molecular complexity index is 425. The molecule has 2 rings (SSSR count). The molecule has 2 aliphatic rings. The third kappa shape index (κ3) is 6.63. The molecule has 0 spiro atoms. The van der Waals surface area contributed by atoms with Crippen molar-refractivity contribution in [1.29, 1.82) is 0 Å². The van der Waals surface area contributed by atoms with Crippen molar-refractivity contribution in [3.8, 4) is 0 Å². The first kappa shape index (κ1) is 19.5. The van der Waals surface area contributed by atoms with Gasteiger partial charge in [-0.25, -0.2) is 4.79 Å². The van der Waals surface area contributed by atoms with Gasteiger partial charge in [0.1, 0.15) is 6.54 Å². The highest BCUT2D eigenvalue weighted by Gasteiger charge is 2.41. The van der Waals surface area contributed by atoms with Crippen LogP contribution < -0.4 is 10.6 Å². The van der Waals surface area contributed by atoms with Crippen LogP contribution in [0.5, 0.6) is 0 Å². The third-order valence-corrected chi connectivity index (χ3v) is 3.73. The molecule has 1 saturated carbocycles. The molecular weight excluding hydrogens is 334 g/mol. The topological polar surface area (TPSA) is 78.4 Å². The van der Waals surface area contributed by atoms with E-state index in [0.29, 0.717) is 11.8 Å². The standard InChI is InChI=1S/C10H15F3N2O.C2HF3O2/c11-10(12,13)5-15-9(16)6-1-7-3-14-4-8(7)2-6;3-2(4,5)1(6)7/h6-8,14H,1-5H2,(H,15,16);(H,6,7). The van der Waals surface area contributed by atoms with E-state index >= 15 is 0 Å². The molecular formula is C12H16F6N2O3. The summed E-state index contributed by atoms with van der Waals surface area (Å²) in [5, 5.41) is 12.3. The molecule has 5 nitrogen and oxygen atoms in total. The van der Waals surface area contributed by atoms with Gasteiger partial charge in [0.2, 0.25) is 5.91 Å². The van der Waals surface area contributed by atoms with Gasteiger partial charge in [0.15, 0.2) is 0 Å². The Labute approximate surface area is 127 Å². The molecule has 134 valence electrons. The molecule has 0 aromatic carbocycles. The molecule has 0 radical (unpaired) electrons. The molecule has 23 heavy (non-hydrogen) atoms. The van der Waals surface area contributed by atoms with Crippen molar-refractivity contribution >= 4 is 11.9 Å². The van der Waals surface area contributed by atoms with Gasteiger partial charge in [-0.1, -0.05) is 0 Å². The average molecular weight is 350 g/mol. The molecule has 0 bridgehead atoms. The average Bonchev–Trinajstić information content (AvgIpc) is 2.95. The Morgan fingerprint density at radius 3 is 1.83 bits per heavy atom. The lowest BCUT2D eigenvalue weighted by Crippen LogP contribution is -2.37. The summed E-state index contributed by atoms with van der Waals surface area (Å²) in [5.41, 5.74) is 0. The number of carboxylic acids is 1. The van der Waals surface area contributed by atoms with Crippen LogP contribution >= 0.6 is 0 Å². The summed E-state index contributed by atoms with van der Waals surface area (Å²) in [6.45, 7) is 0.581. The Balaban J connectivity index is 0.000000322. The van der Waals surface area contributed by atoms with Gasteiger partial charge in [0.25, 0.3) is 0 Å². The van der Waals surface area contributed by atoms with E-state index in [1.54, 1.807) is 0 Å². The van der Waals surface area contributed by atoms with Gasteiger partial charge in [0, 0.05) is 5.92 Å². The molecule has 1 aliphatic carbocycles. The molecule has 0 aromatic heterocycles. The highest BCUT2D eigenvalue weighted by molar-refractivity contribution is 5.79. The van der Waals surface area contributed by atoms with Crippen molar-refractivity contribution < 1.29 is 41.0 Å². The number of halogens is 6. The minimum atomic E-state index is -5.08. The van der Waals surface area contributed by atoms with E-state index in [2.05, 4.69) is 5.32 Å². The molecule has 2 unspecified atom stereocenters. The number of aliphatic carboxylic acids is 1. The van der Waals surface area contributed by atoms with E-state index in [1.807, 2.05) is 5.32 Å². The predicted molar refractivity (Wildman–Crippen MR) is 65.3 cm³/mol. The molecule has 2 fully saturated rings. The van der Waals surface area contributed by atoms with Crippen LogP contribution in [0.15, 0.2) is 0 Å². The number of carbonyl (C=O) groups excluding carboxylic acids is 1. The number of hydrogen-bond acceptors (Lipinski definition) is 3. The van der Waals surface area contributed by atoms with Crippen LogP contribution in [0, 0.1) is 17.8 Å². The number of alkyl halides is 6. The second-order valence-electron chi connectivity index (χ2n) is 5.48. The van der Waals surface area contributed by atoms with Crippen LogP contribution in [0.25, 0.3) is 0 Å². The van der Waals surface area contributed by atoms with Crippen molar-refractivity contribution in [2.24, 2.45) is 17.8 Å². The first-order valence-electron chi connectivity index (χ1n) is 6.75. The first-order valence-corrected chi connectivity index (χ1v) is 6.75. The van der Waals surface area contributed by atoms with Gasteiger partial charge >= 0.3 is 18.3 Å². The number of carboxylic acid groups (broad SMARTS) is 1. The van der Waals surface area contributed by atoms with Crippen LogP contribution in [0.1, 0.15) is 12.8 Å². The molecule has 1 aliphatic heterocycles. The number of rotatable bonds is 2. The minimum Gasteiger partial charge on any atom is -0.475 e. The van der Waals surface area contributed by atoms with Crippen molar-refractivity contribution in [2.45, 2.75) is 25.2 Å². The van der Waals surface area contributed by atoms with E-state index in [4.69, 9.17) is 9.90 Å². The zero-order chi connectivity index (χ0) is 17.8. The van der Waals surface area contributed by atoms with Crippen molar-refractivity contribution in [3.63, 3.8) is 0 Å². The second-order valence-corrected chi connectivity index (χ2v) is 5.48. The minimum absolute atomic E-state index is 0.223. The monoisotopic (exact) mass is 350 g/mol. The molecule has 1 heterocycles. The summed E-state index contributed by atoms with van der Waals surface area (Å²) in [7, 11) is 0. The molecule has 0 aromatic rings. The maximum atomic E-state index is 11.9. The zero-order valence-electron chi connectivity index (χ0n) is 11.8. The first-order chi connectivity index (χ1) is 10.4. The SMILES string of the molecule is O=C(NCC(F)(F)F)C1CC2CNCC2C1.O=C(O)C(F)(F)F. The predicted octanol–water partition coefficient (Wildman–Crippen LogP) is 1.54. The van der Waals surface area contributed by atoms with E-state index in [9.17, 15) is 31.1 Å². The molecule has 2 atom stereocenters. The van der Waals surface area contributed by atoms with Gasteiger partial charge in [-0.2, -0.15) is 26.3 Å². The van der Waals surface area contributed by atoms with E-state index in [0.717, 1.165) is 25.9 Å². The van der Waals surface area contributed by atoms with Gasteiger partial charge in [-0.15, -0.1) is 0 Å². The van der Waals surface area contributed by atoms with E-state index in [-0.39, 0.29) is 5.92 Å². The fraction of sp³-hybridized carbons (Fsp3) is 0.833. The van der Waals surface area contributed by atoms with Crippen molar-refractivity contribution in [2.75, 3.05) is 19.6 Å². The molecule has 1 amide bonds. The van der Waals surface area contributed by atoms with Crippen molar-refractivity contribution in [3.05, 3.63) is 0 Å². The Morgan fingerprint density at radius 1 is 1.04 bits per heavy atom. The smallest absolute Gasteiger partial charge is 0.475 e. The third-order valence-electron chi connectivity index (χ3n) is 3.73. The largest absolute Gasteiger partial charge is 0.490 e. The summed E-state index contributed by atoms with van der Waals surface area (Å²) in [5.74, 6) is -2.47. The van der Waals surface area contributed by atoms with Crippen molar-refractivity contribution in [1.82, 2.24) is 10.6 Å². The molecule has 1 saturated heterocycles. The highest BCUT2D eigenvalue weighted by atomic mass is 19.4. The molecule has 11 heteroatoms. The fourth-order valence-electron chi connectivity index (χ4n) is 2.71. The Kier molecular flexibility index (Phi) is 6.25. The van der Waals surface area contributed by atoms with Crippen LogP contribution in [0.4, 0.5) is 26.3 Å². The van der Waals surface area contributed by atoms with Crippen LogP contribution in [-0.2, 0) is 9.59 Å². The van der Waals surface area contributed by atoms with Crippen LogP contribution in [0.2, 0.25) is 0 Å². The summed E-state index contributed by atoms with van der Waals surface area (Å²) >= 11 is 0. The maximum Gasteiger partial charge on any atom is 0.490 e. The van der Waals surface area contributed by atoms with E-state index < -0.39 is 30.8 Å². The lowest BCUT2D eigenvalue weighted by atomic mass is 10.0. The van der Waals surface area contributed by atoms with Crippen LogP contribution in [-0.4, -0.2) is 49.0 Å². The Morgan fingerprint density at radius 2 is 1.48 bits per heavy atom. The maximum absolute atomic E-state index is 11.9. The Hall–Kier alpha value is -1.52. The van der Waals surface area contributed by atoms with Gasteiger partial charge in [-0.05, 0) is 37.8 Å². The van der Waals surface area contributed by atoms with Gasteiger partial charge < -0.3 is 15.7 Å². The molecule has 3 N–H and O–H groups in total. The normalized spacial score (nSPS) is 27.0. The van der Waals surface area contributed by atoms with Gasteiger partial charge in [0.05, 0.1) is 0 Å². The lowest BCUT2D eigenvalue weighted by molar-refractivity contribution is -0.192. The number of amides is 1. The quantitative estimate of drug-likeness (QED) is 0.661. The van der Waals surface area contributed by atoms with E-state index in [1.165, 1.54) is 0 Å². The summed E-state index contributed by atoms with van der Waals surface area (Å²) < 4.78 is 67.5. The fourth-order valence-corrected chi connectivity index (χ4v) is 2.71. The second kappa shape index (κ2) is 7.37. The summed E-state index contributed by atoms with van der Waals surface area (Å²) in [4.78, 5) is 20.4. The number of fused-ring (bicyclic) bond motifs is 1. The summed E-state index contributed by atoms with van der Waals surface area (Å²) in [6.07, 6.45) is -7.95. The number of hydrogen-bond donors (Lipinski definition) is 3. The lowest BCUT2D eigenvalue weighted by Gasteiger charge is -2.13. The zero-order valence-corrected chi connectivity index (χ0v) is 11.8.